The van der Waals surface area contributed by atoms with Crippen LogP contribution < -0.4 is 4.74 Å². The quantitative estimate of drug-likeness (QED) is 0.719. The Kier molecular flexibility index (Phi) is 5.18. The number of ether oxygens (including phenoxy) is 2. The third-order valence-corrected chi connectivity index (χ3v) is 4.93. The third-order valence-electron chi connectivity index (χ3n) is 4.93. The van der Waals surface area contributed by atoms with Crippen LogP contribution in [0.25, 0.3) is 0 Å². The van der Waals surface area contributed by atoms with Crippen molar-refractivity contribution in [2.75, 3.05) is 33.4 Å². The molecule has 0 N–H and O–H groups in total. The van der Waals surface area contributed by atoms with Gasteiger partial charge in [0.15, 0.2) is 0 Å². The van der Waals surface area contributed by atoms with Crippen LogP contribution in [0.3, 0.4) is 0 Å². The molecule has 0 amide bonds. The molecular formula is C21H24N2O3. The van der Waals surface area contributed by atoms with E-state index in [-0.39, 0.29) is 6.10 Å². The number of fused-ring (bicyclic) bond motifs is 1. The Balaban J connectivity index is 1.34. The molecule has 0 unspecified atom stereocenters. The van der Waals surface area contributed by atoms with Gasteiger partial charge >= 0.3 is 0 Å². The molecule has 2 heterocycles. The second kappa shape index (κ2) is 7.89. The van der Waals surface area contributed by atoms with Crippen LogP contribution in [0.5, 0.6) is 5.75 Å². The van der Waals surface area contributed by atoms with Gasteiger partial charge in [0, 0.05) is 26.7 Å². The molecule has 0 spiro atoms. The number of nitrogens with zero attached hydrogens (tertiary/aromatic N) is 2. The molecule has 0 saturated carbocycles. The Hall–Kier alpha value is -2.37. The summed E-state index contributed by atoms with van der Waals surface area (Å²) in [5.41, 5.74) is 3.53. The summed E-state index contributed by atoms with van der Waals surface area (Å²) >= 11 is 0. The van der Waals surface area contributed by atoms with E-state index in [2.05, 4.69) is 34.3 Å². The predicted molar refractivity (Wildman–Crippen MR) is 100 cm³/mol. The molecule has 0 aliphatic carbocycles. The van der Waals surface area contributed by atoms with Crippen molar-refractivity contribution in [2.24, 2.45) is 11.1 Å². The van der Waals surface area contributed by atoms with Gasteiger partial charge in [0.05, 0.1) is 18.2 Å². The van der Waals surface area contributed by atoms with Crippen LogP contribution in [-0.2, 0) is 16.1 Å². The van der Waals surface area contributed by atoms with Gasteiger partial charge in [-0.2, -0.15) is 0 Å². The van der Waals surface area contributed by atoms with Crippen LogP contribution in [0.15, 0.2) is 59.8 Å². The molecule has 0 radical (unpaired) electrons. The topological polar surface area (TPSA) is 43.3 Å². The first-order valence-corrected chi connectivity index (χ1v) is 9.05. The van der Waals surface area contributed by atoms with E-state index in [4.69, 9.17) is 14.3 Å². The molecule has 136 valence electrons. The highest BCUT2D eigenvalue weighted by atomic mass is 16.6. The average molecular weight is 352 g/mol. The van der Waals surface area contributed by atoms with Crippen molar-refractivity contribution in [1.29, 1.82) is 0 Å². The Morgan fingerprint density at radius 3 is 2.62 bits per heavy atom. The first kappa shape index (κ1) is 17.1. The maximum absolute atomic E-state index is 5.70. The van der Waals surface area contributed by atoms with Crippen LogP contribution in [-0.4, -0.2) is 50.1 Å². The van der Waals surface area contributed by atoms with Crippen LogP contribution in [0.2, 0.25) is 0 Å². The molecule has 2 aromatic carbocycles. The SMILES string of the molecule is COCCOc1ccc(CN2C[C@@H]3ON=C(c4ccccc4)[C@@H]3C2)cc1. The first-order chi connectivity index (χ1) is 12.8. The van der Waals surface area contributed by atoms with Crippen molar-refractivity contribution >= 4 is 5.71 Å². The molecule has 1 saturated heterocycles. The summed E-state index contributed by atoms with van der Waals surface area (Å²) in [6, 6.07) is 18.6. The maximum atomic E-state index is 5.70. The summed E-state index contributed by atoms with van der Waals surface area (Å²) < 4.78 is 10.6. The lowest BCUT2D eigenvalue weighted by atomic mass is 9.95. The Bertz CT molecular complexity index is 746. The Labute approximate surface area is 154 Å². The number of oxime groups is 1. The van der Waals surface area contributed by atoms with Gasteiger partial charge in [0.1, 0.15) is 18.5 Å². The highest BCUT2D eigenvalue weighted by Gasteiger charge is 2.42. The number of rotatable bonds is 7. The standard InChI is InChI=1S/C21H24N2O3/c1-24-11-12-25-18-9-7-16(8-10-18)13-23-14-19-20(15-23)26-22-21(19)17-5-3-2-4-6-17/h2-10,19-20H,11-15H2,1H3/t19-,20+/m1/s1. The molecule has 5 nitrogen and oxygen atoms in total. The molecule has 26 heavy (non-hydrogen) atoms. The largest absolute Gasteiger partial charge is 0.491 e. The molecule has 0 aromatic heterocycles. The van der Waals surface area contributed by atoms with Crippen molar-refractivity contribution in [1.82, 2.24) is 4.90 Å². The minimum Gasteiger partial charge on any atom is -0.491 e. The van der Waals surface area contributed by atoms with Crippen molar-refractivity contribution in [2.45, 2.75) is 12.6 Å². The molecule has 1 fully saturated rings. The van der Waals surface area contributed by atoms with Crippen molar-refractivity contribution < 1.29 is 14.3 Å². The molecular weight excluding hydrogens is 328 g/mol. The molecule has 2 atom stereocenters. The third kappa shape index (κ3) is 3.74. The van der Waals surface area contributed by atoms with E-state index in [1.54, 1.807) is 7.11 Å². The van der Waals surface area contributed by atoms with Gasteiger partial charge in [-0.05, 0) is 23.3 Å². The van der Waals surface area contributed by atoms with Gasteiger partial charge in [-0.3, -0.25) is 4.90 Å². The lowest BCUT2D eigenvalue weighted by molar-refractivity contribution is 0.0745. The zero-order chi connectivity index (χ0) is 17.8. The fourth-order valence-electron chi connectivity index (χ4n) is 3.61. The Morgan fingerprint density at radius 1 is 1.04 bits per heavy atom. The minimum absolute atomic E-state index is 0.168. The van der Waals surface area contributed by atoms with Crippen molar-refractivity contribution in [3.8, 4) is 5.75 Å². The second-order valence-electron chi connectivity index (χ2n) is 6.77. The molecule has 2 aliphatic rings. The number of methoxy groups -OCH3 is 1. The number of benzene rings is 2. The van der Waals surface area contributed by atoms with Crippen LogP contribution >= 0.6 is 0 Å². The number of hydrogen-bond donors (Lipinski definition) is 0. The lowest BCUT2D eigenvalue weighted by Crippen LogP contribution is -2.23. The highest BCUT2D eigenvalue weighted by Crippen LogP contribution is 2.31. The Morgan fingerprint density at radius 2 is 1.85 bits per heavy atom. The van der Waals surface area contributed by atoms with Gasteiger partial charge in [-0.15, -0.1) is 0 Å². The number of hydrogen-bond acceptors (Lipinski definition) is 5. The molecule has 0 bridgehead atoms. The van der Waals surface area contributed by atoms with E-state index in [0.717, 1.165) is 31.1 Å². The van der Waals surface area contributed by atoms with Gasteiger partial charge in [0.2, 0.25) is 0 Å². The van der Waals surface area contributed by atoms with E-state index >= 15 is 0 Å². The molecule has 2 aromatic rings. The smallest absolute Gasteiger partial charge is 0.149 e. The zero-order valence-electron chi connectivity index (χ0n) is 15.0. The van der Waals surface area contributed by atoms with E-state index in [1.165, 1.54) is 11.1 Å². The highest BCUT2D eigenvalue weighted by molar-refractivity contribution is 6.03. The van der Waals surface area contributed by atoms with Crippen LogP contribution in [0.1, 0.15) is 11.1 Å². The summed E-state index contributed by atoms with van der Waals surface area (Å²) in [7, 11) is 1.68. The summed E-state index contributed by atoms with van der Waals surface area (Å²) in [6.45, 7) is 3.98. The summed E-state index contributed by atoms with van der Waals surface area (Å²) in [5, 5.41) is 4.34. The van der Waals surface area contributed by atoms with Gasteiger partial charge in [0.25, 0.3) is 0 Å². The van der Waals surface area contributed by atoms with Crippen LogP contribution in [0.4, 0.5) is 0 Å². The first-order valence-electron chi connectivity index (χ1n) is 9.05. The van der Waals surface area contributed by atoms with E-state index in [1.807, 2.05) is 30.3 Å². The summed E-state index contributed by atoms with van der Waals surface area (Å²) in [6.07, 6.45) is 0.168. The van der Waals surface area contributed by atoms with Gasteiger partial charge < -0.3 is 14.3 Å². The fraction of sp³-hybridized carbons (Fsp3) is 0.381. The fourth-order valence-corrected chi connectivity index (χ4v) is 3.61. The van der Waals surface area contributed by atoms with Gasteiger partial charge in [-0.25, -0.2) is 0 Å². The summed E-state index contributed by atoms with van der Waals surface area (Å²) in [5.74, 6) is 1.24. The molecule has 5 heteroatoms. The van der Waals surface area contributed by atoms with E-state index < -0.39 is 0 Å². The molecule has 2 aliphatic heterocycles. The predicted octanol–water partition coefficient (Wildman–Crippen LogP) is 2.95. The van der Waals surface area contributed by atoms with Crippen molar-refractivity contribution in [3.63, 3.8) is 0 Å². The number of likely N-dealkylation sites (tertiary alicyclic amines) is 1. The van der Waals surface area contributed by atoms with E-state index in [0.29, 0.717) is 19.1 Å². The zero-order valence-corrected chi connectivity index (χ0v) is 15.0. The van der Waals surface area contributed by atoms with Crippen molar-refractivity contribution in [3.05, 3.63) is 65.7 Å². The summed E-state index contributed by atoms with van der Waals surface area (Å²) in [4.78, 5) is 8.14. The van der Waals surface area contributed by atoms with Crippen LogP contribution in [0, 0.1) is 5.92 Å². The average Bonchev–Trinajstić information content (AvgIpc) is 3.24. The normalized spacial score (nSPS) is 22.0. The minimum atomic E-state index is 0.168. The monoisotopic (exact) mass is 352 g/mol. The molecule has 4 rings (SSSR count). The van der Waals surface area contributed by atoms with Gasteiger partial charge in [-0.1, -0.05) is 47.6 Å². The maximum Gasteiger partial charge on any atom is 0.149 e. The lowest BCUT2D eigenvalue weighted by Gasteiger charge is -2.16. The second-order valence-corrected chi connectivity index (χ2v) is 6.77. The van der Waals surface area contributed by atoms with E-state index in [9.17, 15) is 0 Å².